The van der Waals surface area contributed by atoms with Crippen LogP contribution in [0.3, 0.4) is 0 Å². The number of ether oxygens (including phenoxy) is 2. The van der Waals surface area contributed by atoms with E-state index in [1.807, 2.05) is 0 Å². The van der Waals surface area contributed by atoms with E-state index in [1.165, 1.54) is 13.0 Å². The molecule has 26 heavy (non-hydrogen) atoms. The lowest BCUT2D eigenvalue weighted by Gasteiger charge is -2.07. The maximum atomic E-state index is 12.4. The standard InChI is InChI=1S/C19H13BrO6/c1-11(21)24-10-12-6-7-16-13(8-12)9-14(18(22)25-16)19(23)26-17-5-3-2-4-15(17)20/h2-9H,10H2,1H3. The molecule has 7 heteroatoms. The lowest BCUT2D eigenvalue weighted by Crippen LogP contribution is -2.18. The number of esters is 2. The summed E-state index contributed by atoms with van der Waals surface area (Å²) in [4.78, 5) is 35.4. The molecule has 0 fully saturated rings. The van der Waals surface area contributed by atoms with Gasteiger partial charge in [0, 0.05) is 12.3 Å². The van der Waals surface area contributed by atoms with Crippen molar-refractivity contribution in [3.05, 3.63) is 74.6 Å². The van der Waals surface area contributed by atoms with Crippen molar-refractivity contribution in [2.75, 3.05) is 0 Å². The fourth-order valence-electron chi connectivity index (χ4n) is 2.27. The molecule has 0 aliphatic heterocycles. The summed E-state index contributed by atoms with van der Waals surface area (Å²) in [5, 5.41) is 0.522. The van der Waals surface area contributed by atoms with E-state index in [4.69, 9.17) is 13.9 Å². The van der Waals surface area contributed by atoms with Gasteiger partial charge in [-0.1, -0.05) is 18.2 Å². The topological polar surface area (TPSA) is 82.8 Å². The first-order valence-corrected chi connectivity index (χ1v) is 8.40. The molecule has 0 saturated carbocycles. The first-order chi connectivity index (χ1) is 12.4. The quantitative estimate of drug-likeness (QED) is 0.365. The average Bonchev–Trinajstić information content (AvgIpc) is 2.61. The summed E-state index contributed by atoms with van der Waals surface area (Å²) >= 11 is 3.27. The second-order valence-corrected chi connectivity index (χ2v) is 6.27. The predicted octanol–water partition coefficient (Wildman–Crippen LogP) is 3.84. The molecule has 0 N–H and O–H groups in total. The number of benzene rings is 2. The summed E-state index contributed by atoms with van der Waals surface area (Å²) in [6.45, 7) is 1.40. The minimum atomic E-state index is -0.821. The van der Waals surface area contributed by atoms with Crippen molar-refractivity contribution in [2.45, 2.75) is 13.5 Å². The second-order valence-electron chi connectivity index (χ2n) is 5.42. The molecule has 1 aromatic heterocycles. The summed E-state index contributed by atoms with van der Waals surface area (Å²) in [6, 6.07) is 13.1. The molecule has 0 atom stereocenters. The highest BCUT2D eigenvalue weighted by Gasteiger charge is 2.17. The summed E-state index contributed by atoms with van der Waals surface area (Å²) in [5.74, 6) is -0.930. The van der Waals surface area contributed by atoms with Gasteiger partial charge < -0.3 is 13.9 Å². The van der Waals surface area contributed by atoms with Crippen molar-refractivity contribution in [2.24, 2.45) is 0 Å². The Kier molecular flexibility index (Phi) is 5.18. The summed E-state index contributed by atoms with van der Waals surface area (Å²) < 4.78 is 16.0. The van der Waals surface area contributed by atoms with Crippen LogP contribution in [0.1, 0.15) is 22.8 Å². The van der Waals surface area contributed by atoms with Crippen LogP contribution < -0.4 is 10.4 Å². The minimum absolute atomic E-state index is 0.0845. The van der Waals surface area contributed by atoms with Crippen LogP contribution in [0.5, 0.6) is 5.75 Å². The normalized spacial score (nSPS) is 10.5. The van der Waals surface area contributed by atoms with Gasteiger partial charge in [-0.2, -0.15) is 0 Å². The molecular weight excluding hydrogens is 404 g/mol. The molecule has 132 valence electrons. The largest absolute Gasteiger partial charge is 0.461 e. The number of carbonyl (C=O) groups excluding carboxylic acids is 2. The van der Waals surface area contributed by atoms with E-state index in [9.17, 15) is 14.4 Å². The second kappa shape index (κ2) is 7.53. The Morgan fingerprint density at radius 1 is 1.12 bits per heavy atom. The number of para-hydroxylation sites is 1. The van der Waals surface area contributed by atoms with Crippen molar-refractivity contribution in [3.63, 3.8) is 0 Å². The summed E-state index contributed by atoms with van der Waals surface area (Å²) in [6.07, 6.45) is 0. The third kappa shape index (κ3) is 4.00. The fraction of sp³-hybridized carbons (Fsp3) is 0.105. The third-order valence-corrected chi connectivity index (χ3v) is 4.15. The number of hydrogen-bond acceptors (Lipinski definition) is 6. The van der Waals surface area contributed by atoms with E-state index in [0.29, 0.717) is 26.8 Å². The van der Waals surface area contributed by atoms with Crippen LogP contribution in [0, 0.1) is 0 Å². The Balaban J connectivity index is 1.93. The van der Waals surface area contributed by atoms with Crippen molar-refractivity contribution in [1.82, 2.24) is 0 Å². The van der Waals surface area contributed by atoms with Crippen LogP contribution in [0.4, 0.5) is 0 Å². The van der Waals surface area contributed by atoms with E-state index >= 15 is 0 Å². The first kappa shape index (κ1) is 17.9. The van der Waals surface area contributed by atoms with Crippen molar-refractivity contribution in [3.8, 4) is 5.75 Å². The molecule has 3 rings (SSSR count). The molecule has 0 unspecified atom stereocenters. The molecule has 0 spiro atoms. The van der Waals surface area contributed by atoms with Gasteiger partial charge in [0.05, 0.1) is 4.47 Å². The molecule has 0 amide bonds. The molecule has 2 aromatic carbocycles. The maximum Gasteiger partial charge on any atom is 0.351 e. The first-order valence-electron chi connectivity index (χ1n) is 7.61. The van der Waals surface area contributed by atoms with Gasteiger partial charge in [-0.05, 0) is 51.8 Å². The molecule has 0 bridgehead atoms. The molecule has 6 nitrogen and oxygen atoms in total. The van der Waals surface area contributed by atoms with E-state index in [0.717, 1.165) is 0 Å². The van der Waals surface area contributed by atoms with Gasteiger partial charge >= 0.3 is 17.6 Å². The van der Waals surface area contributed by atoms with Crippen LogP contribution in [-0.4, -0.2) is 11.9 Å². The lowest BCUT2D eigenvalue weighted by atomic mass is 10.1. The molecule has 0 aliphatic carbocycles. The van der Waals surface area contributed by atoms with Crippen molar-refractivity contribution >= 4 is 38.8 Å². The van der Waals surface area contributed by atoms with Crippen LogP contribution in [0.15, 0.2) is 62.2 Å². The van der Waals surface area contributed by atoms with Crippen LogP contribution in [-0.2, 0) is 16.1 Å². The number of rotatable bonds is 4. The number of fused-ring (bicyclic) bond motifs is 1. The van der Waals surface area contributed by atoms with Crippen LogP contribution >= 0.6 is 15.9 Å². The molecule has 0 radical (unpaired) electrons. The summed E-state index contributed by atoms with van der Waals surface area (Å²) in [5.41, 5.74) is 0.00543. The van der Waals surface area contributed by atoms with E-state index in [1.54, 1.807) is 42.5 Å². The third-order valence-electron chi connectivity index (χ3n) is 3.50. The van der Waals surface area contributed by atoms with Crippen LogP contribution in [0.2, 0.25) is 0 Å². The number of hydrogen-bond donors (Lipinski definition) is 0. The smallest absolute Gasteiger partial charge is 0.351 e. The molecule has 3 aromatic rings. The number of carbonyl (C=O) groups is 2. The van der Waals surface area contributed by atoms with Gasteiger partial charge in [0.25, 0.3) is 0 Å². The highest BCUT2D eigenvalue weighted by atomic mass is 79.9. The average molecular weight is 417 g/mol. The fourth-order valence-corrected chi connectivity index (χ4v) is 2.64. The highest BCUT2D eigenvalue weighted by molar-refractivity contribution is 9.10. The Morgan fingerprint density at radius 2 is 1.88 bits per heavy atom. The molecule has 0 saturated heterocycles. The number of halogens is 1. The van der Waals surface area contributed by atoms with E-state index < -0.39 is 17.6 Å². The van der Waals surface area contributed by atoms with Gasteiger partial charge in [-0.3, -0.25) is 4.79 Å². The van der Waals surface area contributed by atoms with E-state index in [-0.39, 0.29) is 12.2 Å². The summed E-state index contributed by atoms with van der Waals surface area (Å²) in [7, 11) is 0. The van der Waals surface area contributed by atoms with Crippen LogP contribution in [0.25, 0.3) is 11.0 Å². The van der Waals surface area contributed by atoms with Gasteiger partial charge in [0.2, 0.25) is 0 Å². The minimum Gasteiger partial charge on any atom is -0.461 e. The maximum absolute atomic E-state index is 12.4. The highest BCUT2D eigenvalue weighted by Crippen LogP contribution is 2.25. The van der Waals surface area contributed by atoms with Gasteiger partial charge in [0.15, 0.2) is 0 Å². The SMILES string of the molecule is CC(=O)OCc1ccc2oc(=O)c(C(=O)Oc3ccccc3Br)cc2c1. The zero-order valence-corrected chi connectivity index (χ0v) is 15.2. The monoisotopic (exact) mass is 416 g/mol. The van der Waals surface area contributed by atoms with Crippen molar-refractivity contribution < 1.29 is 23.5 Å². The Bertz CT molecular complexity index is 1050. The predicted molar refractivity (Wildman–Crippen MR) is 97.1 cm³/mol. The Morgan fingerprint density at radius 3 is 2.62 bits per heavy atom. The Hall–Kier alpha value is -2.93. The lowest BCUT2D eigenvalue weighted by molar-refractivity contribution is -0.142. The Labute approximate surface area is 156 Å². The van der Waals surface area contributed by atoms with E-state index in [2.05, 4.69) is 15.9 Å². The van der Waals surface area contributed by atoms with Gasteiger partial charge in [-0.25, -0.2) is 9.59 Å². The zero-order valence-electron chi connectivity index (χ0n) is 13.7. The molecule has 1 heterocycles. The van der Waals surface area contributed by atoms with Gasteiger partial charge in [0.1, 0.15) is 23.5 Å². The van der Waals surface area contributed by atoms with Gasteiger partial charge in [-0.15, -0.1) is 0 Å². The van der Waals surface area contributed by atoms with Crippen molar-refractivity contribution in [1.29, 1.82) is 0 Å². The zero-order chi connectivity index (χ0) is 18.7. The molecular formula is C19H13BrO6. The molecule has 0 aliphatic rings.